The van der Waals surface area contributed by atoms with Crippen molar-refractivity contribution in [1.29, 1.82) is 0 Å². The van der Waals surface area contributed by atoms with E-state index >= 15 is 0 Å². The Labute approximate surface area is 138 Å². The van der Waals surface area contributed by atoms with E-state index in [-0.39, 0.29) is 17.7 Å². The Morgan fingerprint density at radius 3 is 2.70 bits per heavy atom. The average molecular weight is 314 g/mol. The number of piperidine rings is 1. The summed E-state index contributed by atoms with van der Waals surface area (Å²) in [7, 11) is 0. The van der Waals surface area contributed by atoms with Gasteiger partial charge >= 0.3 is 0 Å². The lowest BCUT2D eigenvalue weighted by atomic mass is 9.98. The molecule has 2 heterocycles. The average Bonchev–Trinajstić information content (AvgIpc) is 2.88. The lowest BCUT2D eigenvalue weighted by Gasteiger charge is -2.32. The molecule has 0 bridgehead atoms. The van der Waals surface area contributed by atoms with Gasteiger partial charge in [-0.25, -0.2) is 0 Å². The zero-order valence-corrected chi connectivity index (χ0v) is 14.3. The first kappa shape index (κ1) is 16.0. The van der Waals surface area contributed by atoms with Crippen LogP contribution in [0.4, 0.5) is 5.69 Å². The number of hydrogen-bond acceptors (Lipinski definition) is 2. The predicted octanol–water partition coefficient (Wildman–Crippen LogP) is 2.91. The molecule has 23 heavy (non-hydrogen) atoms. The molecule has 0 N–H and O–H groups in total. The minimum atomic E-state index is -0.187. The molecule has 0 radical (unpaired) electrons. The molecule has 1 aromatic carbocycles. The molecule has 2 atom stereocenters. The minimum absolute atomic E-state index is 0.0698. The molecular weight excluding hydrogens is 288 g/mol. The van der Waals surface area contributed by atoms with Gasteiger partial charge in [0.15, 0.2) is 0 Å². The van der Waals surface area contributed by atoms with E-state index in [2.05, 4.69) is 13.0 Å². The van der Waals surface area contributed by atoms with Crippen LogP contribution in [0.3, 0.4) is 0 Å². The van der Waals surface area contributed by atoms with Gasteiger partial charge in [0.2, 0.25) is 11.8 Å². The Kier molecular flexibility index (Phi) is 4.42. The van der Waals surface area contributed by atoms with E-state index in [9.17, 15) is 9.59 Å². The van der Waals surface area contributed by atoms with Gasteiger partial charge in [0.05, 0.1) is 5.92 Å². The highest BCUT2D eigenvalue weighted by molar-refractivity contribution is 6.00. The van der Waals surface area contributed by atoms with E-state index < -0.39 is 0 Å². The molecule has 4 nitrogen and oxygen atoms in total. The number of carbonyl (C=O) groups is 2. The molecule has 124 valence electrons. The Hall–Kier alpha value is -1.84. The van der Waals surface area contributed by atoms with Crippen LogP contribution in [0.1, 0.15) is 37.3 Å². The monoisotopic (exact) mass is 314 g/mol. The van der Waals surface area contributed by atoms with Gasteiger partial charge < -0.3 is 9.80 Å². The summed E-state index contributed by atoms with van der Waals surface area (Å²) in [6, 6.07) is 6.11. The fraction of sp³-hybridized carbons (Fsp3) is 0.579. The number of rotatable bonds is 2. The Morgan fingerprint density at radius 1 is 1.22 bits per heavy atom. The van der Waals surface area contributed by atoms with Gasteiger partial charge in [-0.1, -0.05) is 24.6 Å². The van der Waals surface area contributed by atoms with Crippen LogP contribution < -0.4 is 4.90 Å². The molecule has 2 amide bonds. The maximum absolute atomic E-state index is 12.8. The first-order valence-corrected chi connectivity index (χ1v) is 8.62. The van der Waals surface area contributed by atoms with E-state index in [4.69, 9.17) is 0 Å². The smallest absolute Gasteiger partial charge is 0.228 e. The molecule has 2 aliphatic rings. The number of hydrogen-bond donors (Lipinski definition) is 0. The molecule has 0 saturated carbocycles. The van der Waals surface area contributed by atoms with Crippen molar-refractivity contribution in [3.8, 4) is 0 Å². The maximum atomic E-state index is 12.8. The van der Waals surface area contributed by atoms with Crippen molar-refractivity contribution < 1.29 is 9.59 Å². The molecule has 0 spiro atoms. The number of amides is 2. The highest BCUT2D eigenvalue weighted by Gasteiger charge is 2.38. The first-order valence-electron chi connectivity index (χ1n) is 8.62. The summed E-state index contributed by atoms with van der Waals surface area (Å²) in [4.78, 5) is 28.9. The predicted molar refractivity (Wildman–Crippen MR) is 91.4 cm³/mol. The van der Waals surface area contributed by atoms with Crippen molar-refractivity contribution in [3.05, 3.63) is 29.3 Å². The molecule has 2 saturated heterocycles. The van der Waals surface area contributed by atoms with Crippen LogP contribution in [0.2, 0.25) is 0 Å². The summed E-state index contributed by atoms with van der Waals surface area (Å²) in [5, 5.41) is 0. The molecular formula is C19H26N2O2. The Bertz CT molecular complexity index is 626. The van der Waals surface area contributed by atoms with Gasteiger partial charge in [0.1, 0.15) is 0 Å². The van der Waals surface area contributed by atoms with Gasteiger partial charge in [-0.3, -0.25) is 9.59 Å². The van der Waals surface area contributed by atoms with Crippen molar-refractivity contribution >= 4 is 17.5 Å². The highest BCUT2D eigenvalue weighted by Crippen LogP contribution is 2.30. The quantitative estimate of drug-likeness (QED) is 0.842. The van der Waals surface area contributed by atoms with Crippen LogP contribution in [-0.2, 0) is 9.59 Å². The van der Waals surface area contributed by atoms with E-state index in [1.807, 2.05) is 30.9 Å². The normalized spacial score (nSPS) is 25.1. The molecule has 2 fully saturated rings. The van der Waals surface area contributed by atoms with E-state index in [0.29, 0.717) is 18.9 Å². The summed E-state index contributed by atoms with van der Waals surface area (Å²) in [6.45, 7) is 8.47. The topological polar surface area (TPSA) is 40.6 Å². The minimum Gasteiger partial charge on any atom is -0.342 e. The third-order valence-electron chi connectivity index (χ3n) is 5.09. The van der Waals surface area contributed by atoms with Gasteiger partial charge in [0, 0.05) is 31.7 Å². The van der Waals surface area contributed by atoms with Crippen LogP contribution in [-0.4, -0.2) is 36.3 Å². The van der Waals surface area contributed by atoms with Crippen LogP contribution in [0.25, 0.3) is 0 Å². The van der Waals surface area contributed by atoms with Crippen molar-refractivity contribution in [2.75, 3.05) is 24.5 Å². The van der Waals surface area contributed by atoms with Crippen molar-refractivity contribution in [2.24, 2.45) is 11.8 Å². The lowest BCUT2D eigenvalue weighted by molar-refractivity contribution is -0.137. The number of aryl methyl sites for hydroxylation is 2. The van der Waals surface area contributed by atoms with Crippen LogP contribution in [0.15, 0.2) is 18.2 Å². The summed E-state index contributed by atoms with van der Waals surface area (Å²) in [5.41, 5.74) is 3.23. The van der Waals surface area contributed by atoms with Gasteiger partial charge in [-0.2, -0.15) is 0 Å². The van der Waals surface area contributed by atoms with Crippen LogP contribution in [0, 0.1) is 25.7 Å². The third kappa shape index (κ3) is 3.26. The standard InChI is InChI=1S/C19H26N2O2/c1-13-6-7-17(15(3)9-13)21-12-16(10-18(21)22)19(23)20-8-4-5-14(2)11-20/h6-7,9,14,16H,4-5,8,10-12H2,1-3H3/t14-,16-/m0/s1. The molecule has 0 unspecified atom stereocenters. The zero-order valence-electron chi connectivity index (χ0n) is 14.3. The van der Waals surface area contributed by atoms with E-state index in [0.717, 1.165) is 30.8 Å². The van der Waals surface area contributed by atoms with Gasteiger partial charge in [-0.15, -0.1) is 0 Å². The number of benzene rings is 1. The fourth-order valence-electron chi connectivity index (χ4n) is 3.86. The molecule has 4 heteroatoms. The SMILES string of the molecule is Cc1ccc(N2C[C@@H](C(=O)N3CCC[C@H](C)C3)CC2=O)c(C)c1. The van der Waals surface area contributed by atoms with Crippen LogP contribution >= 0.6 is 0 Å². The number of nitrogens with zero attached hydrogens (tertiary/aromatic N) is 2. The highest BCUT2D eigenvalue weighted by atomic mass is 16.2. The number of likely N-dealkylation sites (tertiary alicyclic amines) is 1. The molecule has 0 aliphatic carbocycles. The van der Waals surface area contributed by atoms with Crippen molar-refractivity contribution in [1.82, 2.24) is 4.90 Å². The van der Waals surface area contributed by atoms with Crippen molar-refractivity contribution in [3.63, 3.8) is 0 Å². The summed E-state index contributed by atoms with van der Waals surface area (Å²) < 4.78 is 0. The van der Waals surface area contributed by atoms with E-state index in [1.54, 1.807) is 4.90 Å². The van der Waals surface area contributed by atoms with E-state index in [1.165, 1.54) is 12.0 Å². The van der Waals surface area contributed by atoms with Crippen LogP contribution in [0.5, 0.6) is 0 Å². The number of carbonyl (C=O) groups excluding carboxylic acids is 2. The molecule has 1 aromatic rings. The van der Waals surface area contributed by atoms with Gasteiger partial charge in [-0.05, 0) is 44.2 Å². The molecule has 2 aliphatic heterocycles. The summed E-state index contributed by atoms with van der Waals surface area (Å²) >= 11 is 0. The molecule has 0 aromatic heterocycles. The lowest BCUT2D eigenvalue weighted by Crippen LogP contribution is -2.43. The third-order valence-corrected chi connectivity index (χ3v) is 5.09. The Morgan fingerprint density at radius 2 is 2.00 bits per heavy atom. The van der Waals surface area contributed by atoms with Crippen molar-refractivity contribution in [2.45, 2.75) is 40.0 Å². The summed E-state index contributed by atoms with van der Waals surface area (Å²) in [6.07, 6.45) is 2.62. The van der Waals surface area contributed by atoms with Gasteiger partial charge in [0.25, 0.3) is 0 Å². The molecule has 3 rings (SSSR count). The zero-order chi connectivity index (χ0) is 16.6. The second-order valence-corrected chi connectivity index (χ2v) is 7.23. The first-order chi connectivity index (χ1) is 11.0. The Balaban J connectivity index is 1.73. The fourth-order valence-corrected chi connectivity index (χ4v) is 3.86. The second-order valence-electron chi connectivity index (χ2n) is 7.23. The summed E-state index contributed by atoms with van der Waals surface area (Å²) in [5.74, 6) is 0.617. The second kappa shape index (κ2) is 6.34. The maximum Gasteiger partial charge on any atom is 0.228 e. The number of anilines is 1. The largest absolute Gasteiger partial charge is 0.342 e.